The van der Waals surface area contributed by atoms with E-state index in [1.807, 2.05) is 0 Å². The third-order valence-corrected chi connectivity index (χ3v) is 38.6. The Morgan fingerprint density at radius 1 is 0.774 bits per heavy atom. The molecule has 2 aromatic carbocycles. The van der Waals surface area contributed by atoms with Crippen LogP contribution in [-0.4, -0.2) is 5.49 Å². The number of hydrogen-bond acceptors (Lipinski definition) is 0. The van der Waals surface area contributed by atoms with Crippen molar-refractivity contribution in [3.8, 4) is 0 Å². The van der Waals surface area contributed by atoms with Gasteiger partial charge in [-0.25, -0.2) is 0 Å². The van der Waals surface area contributed by atoms with Crippen molar-refractivity contribution < 1.29 is 44.9 Å². The molecule has 5 rings (SSSR count). The maximum Gasteiger partial charge on any atom is -1.00 e. The molecule has 1 fully saturated rings. The molecule has 2 aromatic rings. The van der Waals surface area contributed by atoms with E-state index >= 15 is 0 Å². The van der Waals surface area contributed by atoms with Gasteiger partial charge in [-0.2, -0.15) is 0 Å². The quantitative estimate of drug-likeness (QED) is 0.451. The van der Waals surface area contributed by atoms with E-state index in [4.69, 9.17) is 0 Å². The van der Waals surface area contributed by atoms with E-state index < -0.39 is 20.1 Å². The Labute approximate surface area is 208 Å². The summed E-state index contributed by atoms with van der Waals surface area (Å²) < 4.78 is 1.70. The second-order valence-corrected chi connectivity index (χ2v) is 31.1. The molecule has 0 nitrogen and oxygen atoms in total. The van der Waals surface area contributed by atoms with Crippen molar-refractivity contribution in [2.24, 2.45) is 0 Å². The van der Waals surface area contributed by atoms with Gasteiger partial charge in [-0.3, -0.25) is 0 Å². The van der Waals surface area contributed by atoms with E-state index in [0.717, 1.165) is 7.35 Å². The molecule has 3 aliphatic rings. The predicted octanol–water partition coefficient (Wildman–Crippen LogP) is 1.72. The van der Waals surface area contributed by atoms with Crippen LogP contribution in [-0.2, 0) is 20.1 Å². The van der Waals surface area contributed by atoms with Gasteiger partial charge in [-0.15, -0.1) is 0 Å². The molecule has 0 aromatic heterocycles. The van der Waals surface area contributed by atoms with E-state index in [2.05, 4.69) is 76.2 Å². The molecule has 0 N–H and O–H groups in total. The third kappa shape index (κ3) is 4.16. The summed E-state index contributed by atoms with van der Waals surface area (Å²) in [5.74, 6) is 0. The second kappa shape index (κ2) is 10.2. The monoisotopic (exact) mass is 634 g/mol. The van der Waals surface area contributed by atoms with Gasteiger partial charge in [-0.05, 0) is 0 Å². The van der Waals surface area contributed by atoms with Gasteiger partial charge in [0.25, 0.3) is 0 Å². The zero-order valence-electron chi connectivity index (χ0n) is 19.1. The van der Waals surface area contributed by atoms with E-state index in [-0.39, 0.29) is 30.3 Å². The largest absolute Gasteiger partial charge is 1.00 e. The number of benzene rings is 2. The average Bonchev–Trinajstić information content (AvgIpc) is 3.24. The summed E-state index contributed by atoms with van der Waals surface area (Å²) in [7, 11) is 0. The number of halogens is 2. The van der Waals surface area contributed by atoms with Crippen LogP contribution >= 0.6 is 0 Å². The molecule has 1 saturated heterocycles. The van der Waals surface area contributed by atoms with Gasteiger partial charge in [0, 0.05) is 0 Å². The SMILES string of the molecule is CCC1=Cc2c(C)cccc2[CH]1[Hf+2]([CH]1C(CC)=Cc2c(C)cccc21)=[Si]1CCC1.[Cl-].[Cl-]. The third-order valence-electron chi connectivity index (χ3n) is 7.54. The molecule has 1 heterocycles. The summed E-state index contributed by atoms with van der Waals surface area (Å²) >= 11 is -2.03. The van der Waals surface area contributed by atoms with Gasteiger partial charge >= 0.3 is 185 Å². The Kier molecular flexibility index (Phi) is 8.33. The Hall–Kier alpha value is -0.413. The summed E-state index contributed by atoms with van der Waals surface area (Å²) in [5, 5.41) is 0. The second-order valence-electron chi connectivity index (χ2n) is 9.08. The maximum atomic E-state index is 2.61. The van der Waals surface area contributed by atoms with Crippen molar-refractivity contribution in [2.45, 2.75) is 66.4 Å². The number of fused-ring (bicyclic) bond motifs is 2. The Bertz CT molecular complexity index is 1010. The molecule has 0 saturated carbocycles. The van der Waals surface area contributed by atoms with Gasteiger partial charge in [0.1, 0.15) is 0 Å². The maximum absolute atomic E-state index is 2.61. The minimum absolute atomic E-state index is 0. The first kappa shape index (κ1) is 25.2. The van der Waals surface area contributed by atoms with Crippen molar-refractivity contribution in [1.82, 2.24) is 0 Å². The normalized spacial score (nSPS) is 20.3. The molecule has 0 amide bonds. The summed E-state index contributed by atoms with van der Waals surface area (Å²) in [6.45, 7) is 9.45. The van der Waals surface area contributed by atoms with Gasteiger partial charge in [0.2, 0.25) is 0 Å². The predicted molar refractivity (Wildman–Crippen MR) is 124 cm³/mol. The minimum Gasteiger partial charge on any atom is -1.00 e. The first-order chi connectivity index (χ1) is 14.1. The van der Waals surface area contributed by atoms with Crippen LogP contribution in [0.1, 0.15) is 73.8 Å². The molecule has 4 heteroatoms. The topological polar surface area (TPSA) is 0 Å². The van der Waals surface area contributed by atoms with Crippen molar-refractivity contribution in [3.05, 3.63) is 80.9 Å². The molecule has 2 aliphatic carbocycles. The summed E-state index contributed by atoms with van der Waals surface area (Å²) in [6.07, 6.45) is 9.21. The van der Waals surface area contributed by atoms with Crippen LogP contribution in [0.3, 0.4) is 0 Å². The van der Waals surface area contributed by atoms with Crippen molar-refractivity contribution in [3.63, 3.8) is 0 Å². The van der Waals surface area contributed by atoms with Gasteiger partial charge in [0.15, 0.2) is 0 Å². The van der Waals surface area contributed by atoms with Gasteiger partial charge in [0.05, 0.1) is 0 Å². The van der Waals surface area contributed by atoms with Gasteiger partial charge in [-0.1, -0.05) is 0 Å². The molecule has 2 atom stereocenters. The molecule has 162 valence electrons. The molecule has 0 radical (unpaired) electrons. The fourth-order valence-corrected chi connectivity index (χ4v) is 42.7. The standard InChI is InChI=1S/2C12H13.C3H6Si.2ClH.Hf/c2*1-3-10-7-11-6-4-5-9(2)12(11)8-10;1-2-4-3-1;;;/h2*4-8H,3H2,1-2H3;1-3H2;2*1H;/q;;;;;+2/p-2. The van der Waals surface area contributed by atoms with E-state index in [0.29, 0.717) is 0 Å². The molecule has 31 heavy (non-hydrogen) atoms. The zero-order valence-corrected chi connectivity index (χ0v) is 25.2. The van der Waals surface area contributed by atoms with Crippen LogP contribution in [0.25, 0.3) is 12.2 Å². The molecule has 1 aliphatic heterocycles. The van der Waals surface area contributed by atoms with Crippen LogP contribution in [0, 0.1) is 13.8 Å². The van der Waals surface area contributed by atoms with E-state index in [1.54, 1.807) is 45.5 Å². The number of hydrogen-bond donors (Lipinski definition) is 0. The number of allylic oxidation sites excluding steroid dienone is 2. The number of aryl methyl sites for hydroxylation is 2. The van der Waals surface area contributed by atoms with E-state index in [9.17, 15) is 0 Å². The number of rotatable bonds is 4. The minimum atomic E-state index is -2.03. The van der Waals surface area contributed by atoms with Crippen LogP contribution in [0.15, 0.2) is 47.5 Å². The van der Waals surface area contributed by atoms with Crippen LogP contribution in [0.4, 0.5) is 0 Å². The Morgan fingerprint density at radius 3 is 1.58 bits per heavy atom. The molecular formula is C27H32Cl2HfSi. The molecule has 2 unspecified atom stereocenters. The zero-order chi connectivity index (χ0) is 20.1. The first-order valence-electron chi connectivity index (χ1n) is 11.5. The molecule has 0 bridgehead atoms. The first-order valence-corrected chi connectivity index (χ1v) is 22.9. The summed E-state index contributed by atoms with van der Waals surface area (Å²) in [6, 6.07) is 17.5. The fourth-order valence-electron chi connectivity index (χ4n) is 5.81. The van der Waals surface area contributed by atoms with Crippen molar-refractivity contribution in [1.29, 1.82) is 0 Å². The van der Waals surface area contributed by atoms with Crippen molar-refractivity contribution in [2.75, 3.05) is 0 Å². The Morgan fingerprint density at radius 2 is 1.23 bits per heavy atom. The van der Waals surface area contributed by atoms with E-state index in [1.165, 1.54) is 30.4 Å². The van der Waals surface area contributed by atoms with Crippen LogP contribution in [0.2, 0.25) is 12.1 Å². The van der Waals surface area contributed by atoms with Gasteiger partial charge < -0.3 is 24.8 Å². The smallest absolute Gasteiger partial charge is 1.00 e. The Balaban J connectivity index is 0.00000136. The van der Waals surface area contributed by atoms with Crippen LogP contribution in [0.5, 0.6) is 0 Å². The molecular weight excluding hydrogens is 602 g/mol. The fraction of sp³-hybridized carbons (Fsp3) is 0.407. The van der Waals surface area contributed by atoms with Crippen LogP contribution < -0.4 is 24.8 Å². The summed E-state index contributed by atoms with van der Waals surface area (Å²) in [5.41, 5.74) is 13.1. The average molecular weight is 634 g/mol. The molecule has 0 spiro atoms. The summed E-state index contributed by atoms with van der Waals surface area (Å²) in [4.78, 5) is 0. The van der Waals surface area contributed by atoms with Crippen molar-refractivity contribution >= 4 is 17.6 Å².